The number of carbonyl (C=O) groups excluding carboxylic acids is 2. The van der Waals surface area contributed by atoms with Crippen LogP contribution in [0.15, 0.2) is 60.7 Å². The highest BCUT2D eigenvalue weighted by atomic mass is 16.5. The van der Waals surface area contributed by atoms with Gasteiger partial charge in [-0.15, -0.1) is 0 Å². The molecule has 0 saturated carbocycles. The first-order valence-corrected chi connectivity index (χ1v) is 9.95. The SMILES string of the molecule is COC(=O)[C@H](Cc1ccccc1)NCCN(C(OC=O)c1ccccc1)[C@H](C)C(=O)O. The predicted octanol–water partition coefficient (Wildman–Crippen LogP) is 2.01. The van der Waals surface area contributed by atoms with E-state index in [1.165, 1.54) is 14.0 Å². The van der Waals surface area contributed by atoms with Crippen molar-refractivity contribution in [3.8, 4) is 0 Å². The molecule has 3 atom stereocenters. The van der Waals surface area contributed by atoms with Gasteiger partial charge in [0.05, 0.1) is 7.11 Å². The van der Waals surface area contributed by atoms with E-state index in [-0.39, 0.29) is 13.1 Å². The first-order valence-electron chi connectivity index (χ1n) is 9.95. The van der Waals surface area contributed by atoms with Crippen LogP contribution in [0, 0.1) is 0 Å². The Morgan fingerprint density at radius 3 is 2.26 bits per heavy atom. The lowest BCUT2D eigenvalue weighted by Gasteiger charge is -2.33. The minimum Gasteiger partial charge on any atom is -0.480 e. The van der Waals surface area contributed by atoms with Crippen LogP contribution in [0.4, 0.5) is 0 Å². The van der Waals surface area contributed by atoms with Gasteiger partial charge in [-0.3, -0.25) is 14.4 Å². The van der Waals surface area contributed by atoms with Crippen LogP contribution >= 0.6 is 0 Å². The van der Waals surface area contributed by atoms with Gasteiger partial charge in [-0.05, 0) is 18.9 Å². The molecule has 31 heavy (non-hydrogen) atoms. The molecule has 0 fully saturated rings. The fraction of sp³-hybridized carbons (Fsp3) is 0.348. The number of aliphatic carboxylic acids is 1. The Kier molecular flexibility index (Phi) is 9.67. The standard InChI is InChI=1S/C23H28N2O6/c1-17(22(27)28)25(21(31-16-26)19-11-7-4-8-12-19)14-13-24-20(23(29)30-2)15-18-9-5-3-6-10-18/h3-12,16-17,20-21,24H,13-15H2,1-2H3,(H,27,28)/t17-,20+,21?/m1/s1. The van der Waals surface area contributed by atoms with Crippen molar-refractivity contribution in [2.45, 2.75) is 31.7 Å². The molecule has 2 aromatic carbocycles. The first kappa shape index (κ1) is 24.0. The molecule has 0 aliphatic rings. The Labute approximate surface area is 181 Å². The number of benzene rings is 2. The van der Waals surface area contributed by atoms with Gasteiger partial charge in [-0.1, -0.05) is 60.7 Å². The average molecular weight is 428 g/mol. The summed E-state index contributed by atoms with van der Waals surface area (Å²) in [5, 5.41) is 12.7. The fourth-order valence-electron chi connectivity index (χ4n) is 3.27. The van der Waals surface area contributed by atoms with Crippen LogP contribution in [0.5, 0.6) is 0 Å². The zero-order chi connectivity index (χ0) is 22.6. The second kappa shape index (κ2) is 12.5. The average Bonchev–Trinajstić information content (AvgIpc) is 2.80. The van der Waals surface area contributed by atoms with Crippen LogP contribution in [-0.4, -0.2) is 60.7 Å². The minimum absolute atomic E-state index is 0.211. The Bertz CT molecular complexity index is 830. The predicted molar refractivity (Wildman–Crippen MR) is 114 cm³/mol. The number of rotatable bonds is 13. The van der Waals surface area contributed by atoms with E-state index in [1.807, 2.05) is 36.4 Å². The summed E-state index contributed by atoms with van der Waals surface area (Å²) in [6.45, 7) is 2.31. The molecule has 0 saturated heterocycles. The number of carbonyl (C=O) groups is 3. The van der Waals surface area contributed by atoms with Gasteiger partial charge >= 0.3 is 11.9 Å². The number of hydrogen-bond donors (Lipinski definition) is 2. The van der Waals surface area contributed by atoms with Gasteiger partial charge in [-0.2, -0.15) is 0 Å². The van der Waals surface area contributed by atoms with Gasteiger partial charge in [0.25, 0.3) is 6.47 Å². The highest BCUT2D eigenvalue weighted by Gasteiger charge is 2.30. The van der Waals surface area contributed by atoms with E-state index < -0.39 is 30.3 Å². The van der Waals surface area contributed by atoms with Gasteiger partial charge < -0.3 is 19.9 Å². The maximum atomic E-state index is 12.2. The summed E-state index contributed by atoms with van der Waals surface area (Å²) in [6.07, 6.45) is -0.452. The number of esters is 1. The van der Waals surface area contributed by atoms with Crippen molar-refractivity contribution < 1.29 is 29.0 Å². The summed E-state index contributed by atoms with van der Waals surface area (Å²) in [5.74, 6) is -1.46. The fourth-order valence-corrected chi connectivity index (χ4v) is 3.27. The van der Waals surface area contributed by atoms with E-state index in [9.17, 15) is 19.5 Å². The summed E-state index contributed by atoms with van der Waals surface area (Å²) < 4.78 is 10.1. The highest BCUT2D eigenvalue weighted by Crippen LogP contribution is 2.23. The van der Waals surface area contributed by atoms with Crippen LogP contribution < -0.4 is 5.32 Å². The highest BCUT2D eigenvalue weighted by molar-refractivity contribution is 5.76. The second-order valence-corrected chi connectivity index (χ2v) is 6.97. The van der Waals surface area contributed by atoms with E-state index in [0.29, 0.717) is 18.5 Å². The third-order valence-corrected chi connectivity index (χ3v) is 4.95. The van der Waals surface area contributed by atoms with Gasteiger partial charge in [-0.25, -0.2) is 4.90 Å². The third-order valence-electron chi connectivity index (χ3n) is 4.95. The maximum Gasteiger partial charge on any atom is 0.323 e. The van der Waals surface area contributed by atoms with E-state index in [2.05, 4.69) is 5.32 Å². The molecule has 0 spiro atoms. The van der Waals surface area contributed by atoms with Crippen molar-refractivity contribution in [2.24, 2.45) is 0 Å². The maximum absolute atomic E-state index is 12.2. The van der Waals surface area contributed by atoms with Crippen molar-refractivity contribution >= 4 is 18.4 Å². The zero-order valence-corrected chi connectivity index (χ0v) is 17.6. The number of carboxylic acids is 1. The summed E-state index contributed by atoms with van der Waals surface area (Å²) in [6, 6.07) is 16.9. The molecule has 2 rings (SSSR count). The Balaban J connectivity index is 2.14. The number of nitrogens with one attached hydrogen (secondary N) is 1. The molecule has 0 aliphatic carbocycles. The molecule has 0 amide bonds. The number of nitrogens with zero attached hydrogens (tertiary/aromatic N) is 1. The van der Waals surface area contributed by atoms with Crippen molar-refractivity contribution in [3.05, 3.63) is 71.8 Å². The molecule has 0 radical (unpaired) electrons. The number of ether oxygens (including phenoxy) is 2. The van der Waals surface area contributed by atoms with Crippen molar-refractivity contribution in [1.29, 1.82) is 0 Å². The number of hydrogen-bond acceptors (Lipinski definition) is 7. The lowest BCUT2D eigenvalue weighted by atomic mass is 10.1. The number of carboxylic acid groups (broad SMARTS) is 1. The zero-order valence-electron chi connectivity index (χ0n) is 17.6. The Morgan fingerprint density at radius 2 is 1.71 bits per heavy atom. The van der Waals surface area contributed by atoms with Crippen LogP contribution in [0.2, 0.25) is 0 Å². The summed E-state index contributed by atoms with van der Waals surface area (Å²) in [7, 11) is 1.32. The van der Waals surface area contributed by atoms with E-state index in [4.69, 9.17) is 9.47 Å². The lowest BCUT2D eigenvalue weighted by Crippen LogP contribution is -2.48. The van der Waals surface area contributed by atoms with E-state index in [0.717, 1.165) is 5.56 Å². The van der Waals surface area contributed by atoms with Gasteiger partial charge in [0.15, 0.2) is 6.23 Å². The third kappa shape index (κ3) is 7.20. The monoisotopic (exact) mass is 428 g/mol. The molecule has 0 aromatic heterocycles. The molecular formula is C23H28N2O6. The van der Waals surface area contributed by atoms with Crippen LogP contribution in [0.3, 0.4) is 0 Å². The second-order valence-electron chi connectivity index (χ2n) is 6.97. The summed E-state index contributed by atoms with van der Waals surface area (Å²) >= 11 is 0. The number of methoxy groups -OCH3 is 1. The Morgan fingerprint density at radius 1 is 1.10 bits per heavy atom. The molecule has 2 aromatic rings. The first-order chi connectivity index (χ1) is 15.0. The molecule has 1 unspecified atom stereocenters. The molecule has 8 nitrogen and oxygen atoms in total. The quantitative estimate of drug-likeness (QED) is 0.284. The summed E-state index contributed by atoms with van der Waals surface area (Å²) in [5.41, 5.74) is 1.61. The molecule has 8 heteroatoms. The topological polar surface area (TPSA) is 105 Å². The van der Waals surface area contributed by atoms with Crippen LogP contribution in [0.1, 0.15) is 24.3 Å². The molecule has 0 heterocycles. The van der Waals surface area contributed by atoms with Crippen molar-refractivity contribution in [1.82, 2.24) is 10.2 Å². The van der Waals surface area contributed by atoms with Gasteiger partial charge in [0.1, 0.15) is 12.1 Å². The van der Waals surface area contributed by atoms with E-state index in [1.54, 1.807) is 29.2 Å². The summed E-state index contributed by atoms with van der Waals surface area (Å²) in [4.78, 5) is 36.6. The molecule has 0 aliphatic heterocycles. The molecule has 166 valence electrons. The van der Waals surface area contributed by atoms with Crippen molar-refractivity contribution in [3.63, 3.8) is 0 Å². The normalized spacial score (nSPS) is 13.8. The minimum atomic E-state index is -1.05. The van der Waals surface area contributed by atoms with E-state index >= 15 is 0 Å². The smallest absolute Gasteiger partial charge is 0.323 e. The Hall–Kier alpha value is -3.23. The van der Waals surface area contributed by atoms with Crippen LogP contribution in [-0.2, 0) is 30.3 Å². The molecule has 0 bridgehead atoms. The van der Waals surface area contributed by atoms with Crippen molar-refractivity contribution in [2.75, 3.05) is 20.2 Å². The largest absolute Gasteiger partial charge is 0.480 e. The molecule has 2 N–H and O–H groups in total. The molecular weight excluding hydrogens is 400 g/mol. The van der Waals surface area contributed by atoms with Gasteiger partial charge in [0, 0.05) is 18.7 Å². The van der Waals surface area contributed by atoms with Gasteiger partial charge in [0.2, 0.25) is 0 Å². The van der Waals surface area contributed by atoms with Crippen LogP contribution in [0.25, 0.3) is 0 Å². The lowest BCUT2D eigenvalue weighted by molar-refractivity contribution is -0.158.